The van der Waals surface area contributed by atoms with Crippen molar-refractivity contribution in [3.63, 3.8) is 0 Å². The van der Waals surface area contributed by atoms with Crippen LogP contribution in [0.25, 0.3) is 0 Å². The molecule has 0 bridgehead atoms. The van der Waals surface area contributed by atoms with E-state index < -0.39 is 11.9 Å². The van der Waals surface area contributed by atoms with Crippen molar-refractivity contribution in [2.75, 3.05) is 19.6 Å². The molecule has 172 valence electrons. The number of hydrogen-bond acceptors (Lipinski definition) is 4. The second-order valence-electron chi connectivity index (χ2n) is 7.63. The highest BCUT2D eigenvalue weighted by molar-refractivity contribution is 6.30. The van der Waals surface area contributed by atoms with Crippen LogP contribution >= 0.6 is 11.6 Å². The van der Waals surface area contributed by atoms with E-state index in [2.05, 4.69) is 36.1 Å². The number of rotatable bonds is 6. The maximum atomic E-state index is 12.9. The zero-order valence-electron chi connectivity index (χ0n) is 18.1. The summed E-state index contributed by atoms with van der Waals surface area (Å²) in [6.45, 7) is 6.42. The van der Waals surface area contributed by atoms with Gasteiger partial charge < -0.3 is 15.1 Å². The highest BCUT2D eigenvalue weighted by Gasteiger charge is 2.28. The Kier molecular flexibility index (Phi) is 10.2. The summed E-state index contributed by atoms with van der Waals surface area (Å²) in [6, 6.07) is 18.3. The van der Waals surface area contributed by atoms with Gasteiger partial charge in [0.1, 0.15) is 0 Å². The van der Waals surface area contributed by atoms with Crippen molar-refractivity contribution in [3.8, 4) is 0 Å². The normalized spacial score (nSPS) is 14.2. The first kappa shape index (κ1) is 25.4. The fourth-order valence-electron chi connectivity index (χ4n) is 3.59. The first-order valence-corrected chi connectivity index (χ1v) is 10.9. The van der Waals surface area contributed by atoms with Crippen LogP contribution in [0.4, 0.5) is 0 Å². The zero-order valence-corrected chi connectivity index (χ0v) is 18.9. The Hall–Kier alpha value is -2.90. The summed E-state index contributed by atoms with van der Waals surface area (Å²) in [5.41, 5.74) is 2.47. The summed E-state index contributed by atoms with van der Waals surface area (Å²) in [7, 11) is 0. The summed E-state index contributed by atoms with van der Waals surface area (Å²) in [4.78, 5) is 35.6. The summed E-state index contributed by atoms with van der Waals surface area (Å²) in [5.74, 6) is -3.19. The molecule has 2 aromatic carbocycles. The first-order chi connectivity index (χ1) is 15.3. The predicted octanol–water partition coefficient (Wildman–Crippen LogP) is 3.76. The molecule has 0 unspecified atom stereocenters. The number of amides is 1. The molecule has 8 heteroatoms. The lowest BCUT2D eigenvalue weighted by atomic mass is 9.94. The SMILES string of the molecule is CCN(Cc1ccccc1)C(=O)C1CCN(Cc2ccc(Cl)cc2)CC1.O=C(O)C(=O)O. The zero-order chi connectivity index (χ0) is 23.5. The molecule has 1 saturated heterocycles. The van der Waals surface area contributed by atoms with Crippen molar-refractivity contribution in [3.05, 3.63) is 70.7 Å². The molecule has 0 aromatic heterocycles. The molecule has 1 aliphatic rings. The third kappa shape index (κ3) is 8.32. The van der Waals surface area contributed by atoms with Gasteiger partial charge in [-0.05, 0) is 56.1 Å². The van der Waals surface area contributed by atoms with Crippen LogP contribution in [0.3, 0.4) is 0 Å². The lowest BCUT2D eigenvalue weighted by molar-refractivity contribution is -0.159. The molecule has 2 N–H and O–H groups in total. The van der Waals surface area contributed by atoms with E-state index in [0.717, 1.165) is 44.0 Å². The third-order valence-electron chi connectivity index (χ3n) is 5.35. The van der Waals surface area contributed by atoms with Crippen LogP contribution in [0.2, 0.25) is 5.02 Å². The number of hydrogen-bond donors (Lipinski definition) is 2. The van der Waals surface area contributed by atoms with E-state index in [1.54, 1.807) is 0 Å². The Morgan fingerprint density at radius 3 is 2.00 bits per heavy atom. The molecule has 0 atom stereocenters. The van der Waals surface area contributed by atoms with Gasteiger partial charge >= 0.3 is 11.9 Å². The average molecular weight is 461 g/mol. The van der Waals surface area contributed by atoms with Gasteiger partial charge in [0.2, 0.25) is 5.91 Å². The molecule has 0 aliphatic carbocycles. The van der Waals surface area contributed by atoms with Crippen LogP contribution < -0.4 is 0 Å². The molecule has 1 amide bonds. The number of carboxylic acid groups (broad SMARTS) is 2. The van der Waals surface area contributed by atoms with Crippen molar-refractivity contribution < 1.29 is 24.6 Å². The third-order valence-corrected chi connectivity index (χ3v) is 5.60. The molecule has 0 spiro atoms. The summed E-state index contributed by atoms with van der Waals surface area (Å²) >= 11 is 5.95. The predicted molar refractivity (Wildman–Crippen MR) is 122 cm³/mol. The number of likely N-dealkylation sites (tertiary alicyclic amines) is 1. The molecule has 1 heterocycles. The fraction of sp³-hybridized carbons (Fsp3) is 0.375. The Labute approximate surface area is 193 Å². The number of carboxylic acids is 2. The summed E-state index contributed by atoms with van der Waals surface area (Å²) in [5, 5.41) is 15.6. The van der Waals surface area contributed by atoms with Gasteiger partial charge in [0, 0.05) is 30.6 Å². The maximum absolute atomic E-state index is 12.9. The summed E-state index contributed by atoms with van der Waals surface area (Å²) < 4.78 is 0. The average Bonchev–Trinajstić information content (AvgIpc) is 2.80. The van der Waals surface area contributed by atoms with Gasteiger partial charge in [-0.2, -0.15) is 0 Å². The standard InChI is InChI=1S/C22H27ClN2O.C2H2O4/c1-2-25(17-18-6-4-3-5-7-18)22(26)20-12-14-24(15-13-20)16-19-8-10-21(23)11-9-19;3-1(4)2(5)6/h3-11,20H,2,12-17H2,1H3;(H,3,4)(H,5,6). The number of aliphatic carboxylic acids is 2. The van der Waals surface area contributed by atoms with Crippen LogP contribution in [-0.4, -0.2) is 57.5 Å². The second kappa shape index (κ2) is 12.8. The molecule has 7 nitrogen and oxygen atoms in total. The van der Waals surface area contributed by atoms with E-state index in [-0.39, 0.29) is 5.92 Å². The number of halogens is 1. The first-order valence-electron chi connectivity index (χ1n) is 10.6. The monoisotopic (exact) mass is 460 g/mol. The number of nitrogens with zero attached hydrogens (tertiary/aromatic N) is 2. The topological polar surface area (TPSA) is 98.2 Å². The van der Waals surface area contributed by atoms with Crippen LogP contribution in [0.1, 0.15) is 30.9 Å². The van der Waals surface area contributed by atoms with Crippen LogP contribution in [0.5, 0.6) is 0 Å². The van der Waals surface area contributed by atoms with Gasteiger partial charge in [-0.3, -0.25) is 9.69 Å². The highest BCUT2D eigenvalue weighted by atomic mass is 35.5. The van der Waals surface area contributed by atoms with Gasteiger partial charge in [0.05, 0.1) is 0 Å². The van der Waals surface area contributed by atoms with Gasteiger partial charge in [0.15, 0.2) is 0 Å². The molecular weight excluding hydrogens is 432 g/mol. The maximum Gasteiger partial charge on any atom is 0.414 e. The highest BCUT2D eigenvalue weighted by Crippen LogP contribution is 2.22. The van der Waals surface area contributed by atoms with E-state index in [1.165, 1.54) is 11.1 Å². The summed E-state index contributed by atoms with van der Waals surface area (Å²) in [6.07, 6.45) is 1.88. The molecule has 0 saturated carbocycles. The van der Waals surface area contributed by atoms with Crippen molar-refractivity contribution >= 4 is 29.4 Å². The van der Waals surface area contributed by atoms with Crippen molar-refractivity contribution in [1.82, 2.24) is 9.80 Å². The van der Waals surface area contributed by atoms with E-state index >= 15 is 0 Å². The van der Waals surface area contributed by atoms with E-state index in [1.807, 2.05) is 35.2 Å². The molecule has 1 aliphatic heterocycles. The molecule has 32 heavy (non-hydrogen) atoms. The Morgan fingerprint density at radius 2 is 1.50 bits per heavy atom. The molecule has 1 fully saturated rings. The largest absolute Gasteiger partial charge is 0.473 e. The van der Waals surface area contributed by atoms with Gasteiger partial charge in [-0.15, -0.1) is 0 Å². The number of benzene rings is 2. The fourth-order valence-corrected chi connectivity index (χ4v) is 3.72. The van der Waals surface area contributed by atoms with E-state index in [4.69, 9.17) is 31.4 Å². The van der Waals surface area contributed by atoms with Crippen molar-refractivity contribution in [2.45, 2.75) is 32.9 Å². The minimum absolute atomic E-state index is 0.153. The minimum Gasteiger partial charge on any atom is -0.473 e. The van der Waals surface area contributed by atoms with Crippen molar-refractivity contribution in [2.24, 2.45) is 5.92 Å². The Morgan fingerprint density at radius 1 is 0.938 bits per heavy atom. The van der Waals surface area contributed by atoms with Crippen molar-refractivity contribution in [1.29, 1.82) is 0 Å². The molecule has 3 rings (SSSR count). The molecule has 2 aromatic rings. The lowest BCUT2D eigenvalue weighted by Crippen LogP contribution is -2.42. The number of carbonyl (C=O) groups excluding carboxylic acids is 1. The van der Waals surface area contributed by atoms with Crippen LogP contribution in [0, 0.1) is 5.92 Å². The minimum atomic E-state index is -1.82. The lowest BCUT2D eigenvalue weighted by Gasteiger charge is -2.34. The number of piperidine rings is 1. The number of carbonyl (C=O) groups is 3. The molecular formula is C24H29ClN2O5. The smallest absolute Gasteiger partial charge is 0.414 e. The van der Waals surface area contributed by atoms with Gasteiger partial charge in [-0.25, -0.2) is 9.59 Å². The second-order valence-corrected chi connectivity index (χ2v) is 8.06. The van der Waals surface area contributed by atoms with Gasteiger partial charge in [0.25, 0.3) is 0 Å². The van der Waals surface area contributed by atoms with Crippen LogP contribution in [-0.2, 0) is 27.5 Å². The van der Waals surface area contributed by atoms with Gasteiger partial charge in [-0.1, -0.05) is 54.1 Å². The quantitative estimate of drug-likeness (QED) is 0.637. The van der Waals surface area contributed by atoms with Crippen LogP contribution in [0.15, 0.2) is 54.6 Å². The van der Waals surface area contributed by atoms with E-state index in [0.29, 0.717) is 12.5 Å². The molecule has 0 radical (unpaired) electrons. The van der Waals surface area contributed by atoms with E-state index in [9.17, 15) is 4.79 Å². The Balaban J connectivity index is 0.000000534. The Bertz CT molecular complexity index is 869.